The minimum atomic E-state index is -0.842. The van der Waals surface area contributed by atoms with Crippen molar-refractivity contribution in [1.29, 1.82) is 10.5 Å². The maximum Gasteiger partial charge on any atom is 0.239 e. The number of anilines is 1. The molecule has 1 aromatic carbocycles. The van der Waals surface area contributed by atoms with E-state index < -0.39 is 10.8 Å². The first-order chi connectivity index (χ1) is 13.4. The summed E-state index contributed by atoms with van der Waals surface area (Å²) >= 11 is 0. The zero-order valence-corrected chi connectivity index (χ0v) is 16.2. The second kappa shape index (κ2) is 6.14. The van der Waals surface area contributed by atoms with Crippen molar-refractivity contribution in [2.24, 2.45) is 5.41 Å². The number of hydrogen-bond donors (Lipinski definition) is 0. The molecule has 4 rings (SSSR count). The largest absolute Gasteiger partial charge is 0.312 e. The molecule has 2 unspecified atom stereocenters. The van der Waals surface area contributed by atoms with Crippen LogP contribution in [0.15, 0.2) is 30.3 Å². The number of hydrogen-bond acceptors (Lipinski definition) is 5. The molecular formula is C22H21N5O. The molecule has 0 spiro atoms. The van der Waals surface area contributed by atoms with E-state index in [-0.39, 0.29) is 23.2 Å². The Morgan fingerprint density at radius 1 is 1.18 bits per heavy atom. The molecule has 6 nitrogen and oxygen atoms in total. The number of fused-ring (bicyclic) bond motifs is 5. The summed E-state index contributed by atoms with van der Waals surface area (Å²) in [5.74, 6) is 0.0450. The number of benzene rings is 1. The molecule has 2 aliphatic rings. The number of nitriles is 2. The molecule has 0 radical (unpaired) electrons. The molecular weight excluding hydrogens is 350 g/mol. The molecule has 2 atom stereocenters. The quantitative estimate of drug-likeness (QED) is 0.824. The van der Waals surface area contributed by atoms with Crippen LogP contribution >= 0.6 is 0 Å². The SMILES string of the molecule is CCN(C(=O)C12CCC(c3nc(C#N)c(C#N)nc31)C2(C)C)c1ccccc1. The number of rotatable bonds is 3. The van der Waals surface area contributed by atoms with Crippen molar-refractivity contribution >= 4 is 11.6 Å². The van der Waals surface area contributed by atoms with Gasteiger partial charge in [-0.3, -0.25) is 4.79 Å². The van der Waals surface area contributed by atoms with Crippen molar-refractivity contribution in [3.8, 4) is 12.1 Å². The first-order valence-corrected chi connectivity index (χ1v) is 9.52. The molecule has 2 bridgehead atoms. The fraction of sp³-hybridized carbons (Fsp3) is 0.409. The number of carbonyl (C=O) groups is 1. The third-order valence-electron chi connectivity index (χ3n) is 6.64. The lowest BCUT2D eigenvalue weighted by molar-refractivity contribution is -0.127. The van der Waals surface area contributed by atoms with Gasteiger partial charge in [-0.25, -0.2) is 9.97 Å². The topological polar surface area (TPSA) is 93.7 Å². The lowest BCUT2D eigenvalue weighted by Crippen LogP contribution is -2.52. The predicted octanol–water partition coefficient (Wildman–Crippen LogP) is 3.43. The van der Waals surface area contributed by atoms with Gasteiger partial charge in [0.2, 0.25) is 5.91 Å². The number of likely N-dealkylation sites (N-methyl/N-ethyl adjacent to an activating group) is 1. The van der Waals surface area contributed by atoms with Gasteiger partial charge in [-0.05, 0) is 37.3 Å². The molecule has 1 saturated carbocycles. The Bertz CT molecular complexity index is 1050. The van der Waals surface area contributed by atoms with Crippen molar-refractivity contribution in [2.45, 2.75) is 44.9 Å². The monoisotopic (exact) mass is 371 g/mol. The Hall–Kier alpha value is -3.25. The first-order valence-electron chi connectivity index (χ1n) is 9.52. The summed E-state index contributed by atoms with van der Waals surface area (Å²) in [4.78, 5) is 24.8. The van der Waals surface area contributed by atoms with Gasteiger partial charge in [-0.15, -0.1) is 0 Å². The van der Waals surface area contributed by atoms with Gasteiger partial charge in [0.25, 0.3) is 0 Å². The number of para-hydroxylation sites is 1. The van der Waals surface area contributed by atoms with Gasteiger partial charge in [0.1, 0.15) is 12.1 Å². The van der Waals surface area contributed by atoms with E-state index in [2.05, 4.69) is 23.8 Å². The van der Waals surface area contributed by atoms with Crippen molar-refractivity contribution in [1.82, 2.24) is 9.97 Å². The molecule has 0 aliphatic heterocycles. The molecule has 6 heteroatoms. The molecule has 2 aromatic rings. The van der Waals surface area contributed by atoms with E-state index in [1.165, 1.54) is 0 Å². The molecule has 1 amide bonds. The van der Waals surface area contributed by atoms with Crippen LogP contribution in [0.3, 0.4) is 0 Å². The van der Waals surface area contributed by atoms with Crippen molar-refractivity contribution in [3.63, 3.8) is 0 Å². The summed E-state index contributed by atoms with van der Waals surface area (Å²) in [5, 5.41) is 18.8. The minimum Gasteiger partial charge on any atom is -0.312 e. The highest BCUT2D eigenvalue weighted by atomic mass is 16.2. The average molecular weight is 371 g/mol. The summed E-state index contributed by atoms with van der Waals surface area (Å²) in [5.41, 5.74) is 0.954. The van der Waals surface area contributed by atoms with Gasteiger partial charge >= 0.3 is 0 Å². The highest BCUT2D eigenvalue weighted by Crippen LogP contribution is 2.67. The van der Waals surface area contributed by atoms with E-state index in [1.807, 2.05) is 49.4 Å². The van der Waals surface area contributed by atoms with E-state index >= 15 is 0 Å². The summed E-state index contributed by atoms with van der Waals surface area (Å²) in [6.07, 6.45) is 1.49. The van der Waals surface area contributed by atoms with Crippen LogP contribution < -0.4 is 4.90 Å². The van der Waals surface area contributed by atoms with Crippen LogP contribution in [0.4, 0.5) is 5.69 Å². The summed E-state index contributed by atoms with van der Waals surface area (Å²) in [6.45, 7) is 6.67. The van der Waals surface area contributed by atoms with Gasteiger partial charge in [-0.2, -0.15) is 10.5 Å². The Kier molecular flexibility index (Phi) is 3.97. The third-order valence-corrected chi connectivity index (χ3v) is 6.64. The van der Waals surface area contributed by atoms with E-state index in [1.54, 1.807) is 4.90 Å². The fourth-order valence-electron chi connectivity index (χ4n) is 5.17. The van der Waals surface area contributed by atoms with Crippen LogP contribution in [0, 0.1) is 28.1 Å². The zero-order chi connectivity index (χ0) is 20.1. The van der Waals surface area contributed by atoms with Crippen molar-refractivity contribution in [2.75, 3.05) is 11.4 Å². The zero-order valence-electron chi connectivity index (χ0n) is 16.2. The van der Waals surface area contributed by atoms with E-state index in [4.69, 9.17) is 0 Å². The van der Waals surface area contributed by atoms with Gasteiger partial charge in [-0.1, -0.05) is 32.0 Å². The second-order valence-electron chi connectivity index (χ2n) is 7.98. The summed E-state index contributed by atoms with van der Waals surface area (Å²) in [6, 6.07) is 13.6. The van der Waals surface area contributed by atoms with Gasteiger partial charge < -0.3 is 4.90 Å². The summed E-state index contributed by atoms with van der Waals surface area (Å²) in [7, 11) is 0. The molecule has 0 N–H and O–H groups in total. The van der Waals surface area contributed by atoms with Crippen molar-refractivity contribution in [3.05, 3.63) is 53.1 Å². The number of nitrogens with zero attached hydrogens (tertiary/aromatic N) is 5. The van der Waals surface area contributed by atoms with Gasteiger partial charge in [0, 0.05) is 18.2 Å². The molecule has 0 saturated heterocycles. The Balaban J connectivity index is 1.93. The van der Waals surface area contributed by atoms with Crippen LogP contribution in [-0.2, 0) is 10.2 Å². The summed E-state index contributed by atoms with van der Waals surface area (Å²) < 4.78 is 0. The van der Waals surface area contributed by atoms with E-state index in [0.29, 0.717) is 24.4 Å². The highest BCUT2D eigenvalue weighted by Gasteiger charge is 2.68. The molecule has 140 valence electrons. The standard InChI is InChI=1S/C22H21N5O/c1-4-27(14-8-6-5-7-9-14)20(28)22-11-10-15(21(22,2)3)18-19(22)26-17(13-24)16(12-23)25-18/h5-9,15H,4,10-11H2,1-3H3. The maximum absolute atomic E-state index is 14.0. The number of carbonyl (C=O) groups excluding carboxylic acids is 1. The van der Waals surface area contributed by atoms with Crippen LogP contribution in [0.2, 0.25) is 0 Å². The van der Waals surface area contributed by atoms with Crippen molar-refractivity contribution < 1.29 is 4.79 Å². The van der Waals surface area contributed by atoms with Gasteiger partial charge in [0.15, 0.2) is 11.4 Å². The molecule has 28 heavy (non-hydrogen) atoms. The van der Waals surface area contributed by atoms with Crippen LogP contribution in [0.5, 0.6) is 0 Å². The average Bonchev–Trinajstić information content (AvgIpc) is 3.09. The van der Waals surface area contributed by atoms with Crippen LogP contribution in [0.25, 0.3) is 0 Å². The predicted molar refractivity (Wildman–Crippen MR) is 103 cm³/mol. The van der Waals surface area contributed by atoms with E-state index in [9.17, 15) is 15.3 Å². The Morgan fingerprint density at radius 3 is 2.43 bits per heavy atom. The van der Waals surface area contributed by atoms with E-state index in [0.717, 1.165) is 12.1 Å². The number of amides is 1. The molecule has 1 aromatic heterocycles. The third kappa shape index (κ3) is 2.09. The smallest absolute Gasteiger partial charge is 0.239 e. The molecule has 1 fully saturated rings. The maximum atomic E-state index is 14.0. The number of aromatic nitrogens is 2. The Labute approximate surface area is 164 Å². The normalized spacial score (nSPS) is 23.5. The fourth-order valence-corrected chi connectivity index (χ4v) is 5.17. The highest BCUT2D eigenvalue weighted by molar-refractivity contribution is 6.03. The van der Waals surface area contributed by atoms with Crippen LogP contribution in [0.1, 0.15) is 62.3 Å². The second-order valence-corrected chi connectivity index (χ2v) is 7.98. The minimum absolute atomic E-state index is 0.000431. The molecule has 2 aliphatic carbocycles. The molecule has 1 heterocycles. The lowest BCUT2D eigenvalue weighted by Gasteiger charge is -2.40. The Morgan fingerprint density at radius 2 is 1.82 bits per heavy atom. The first kappa shape index (κ1) is 18.1. The van der Waals surface area contributed by atoms with Crippen LogP contribution in [-0.4, -0.2) is 22.4 Å². The van der Waals surface area contributed by atoms with Gasteiger partial charge in [0.05, 0.1) is 16.8 Å². The lowest BCUT2D eigenvalue weighted by atomic mass is 9.67.